The molecule has 0 bridgehead atoms. The van der Waals surface area contributed by atoms with E-state index < -0.39 is 0 Å². The van der Waals surface area contributed by atoms with Gasteiger partial charge in [0.2, 0.25) is 6.04 Å². The summed E-state index contributed by atoms with van der Waals surface area (Å²) in [7, 11) is 0. The van der Waals surface area contributed by atoms with Crippen LogP contribution in [-0.4, -0.2) is 36.8 Å². The number of aliphatic hydroxyl groups excluding tert-OH is 1. The van der Waals surface area contributed by atoms with E-state index in [0.29, 0.717) is 13.2 Å². The fourth-order valence-electron chi connectivity index (χ4n) is 1.70. The van der Waals surface area contributed by atoms with Crippen LogP contribution in [0.1, 0.15) is 5.56 Å². The quantitative estimate of drug-likeness (QED) is 0.496. The third-order valence-corrected chi connectivity index (χ3v) is 2.74. The lowest BCUT2D eigenvalue weighted by Gasteiger charge is -2.02. The van der Waals surface area contributed by atoms with Crippen molar-refractivity contribution in [1.82, 2.24) is 0 Å². The second-order valence-electron chi connectivity index (χ2n) is 3.98. The first-order valence-electron chi connectivity index (χ1n) is 5.47. The van der Waals surface area contributed by atoms with Crippen molar-refractivity contribution in [3.63, 3.8) is 0 Å². The highest BCUT2D eigenvalue weighted by Crippen LogP contribution is 2.02. The predicted octanol–water partition coefficient (Wildman–Crippen LogP) is -1.01. The zero-order valence-electron chi connectivity index (χ0n) is 9.06. The van der Waals surface area contributed by atoms with Gasteiger partial charge in [-0.05, 0) is 5.56 Å². The maximum absolute atomic E-state index is 11.5. The number of benzene rings is 1. The zero-order chi connectivity index (χ0) is 11.4. The molecular formula is C12H16NO3+. The third-order valence-electron chi connectivity index (χ3n) is 2.74. The lowest BCUT2D eigenvalue weighted by molar-refractivity contribution is -0.770. The molecule has 2 rings (SSSR count). The van der Waals surface area contributed by atoms with Crippen molar-refractivity contribution in [2.75, 3.05) is 19.7 Å². The van der Waals surface area contributed by atoms with Crippen LogP contribution in [0.2, 0.25) is 0 Å². The van der Waals surface area contributed by atoms with Gasteiger partial charge in [0.05, 0.1) is 6.61 Å². The molecule has 1 aromatic rings. The summed E-state index contributed by atoms with van der Waals surface area (Å²) in [5.74, 6) is -0.160. The Bertz CT molecular complexity index is 353. The van der Waals surface area contributed by atoms with E-state index in [9.17, 15) is 4.79 Å². The Balaban J connectivity index is 1.73. The molecule has 1 heterocycles. The van der Waals surface area contributed by atoms with Crippen molar-refractivity contribution in [2.24, 2.45) is 0 Å². The summed E-state index contributed by atoms with van der Waals surface area (Å²) in [6.07, 6.45) is 0. The molecule has 4 heteroatoms. The highest BCUT2D eigenvalue weighted by molar-refractivity contribution is 5.76. The molecule has 16 heavy (non-hydrogen) atoms. The van der Waals surface area contributed by atoms with Gasteiger partial charge in [-0.15, -0.1) is 0 Å². The minimum absolute atomic E-state index is 0.0594. The van der Waals surface area contributed by atoms with Crippen molar-refractivity contribution in [2.45, 2.75) is 12.6 Å². The average Bonchev–Trinajstić information content (AvgIpc) is 3.07. The van der Waals surface area contributed by atoms with Gasteiger partial charge >= 0.3 is 5.97 Å². The van der Waals surface area contributed by atoms with E-state index in [1.54, 1.807) is 0 Å². The standard InChI is InChI=1S/C12H15NO3/c14-7-6-13-8-11(13)12(15)16-9-10-4-2-1-3-5-10/h1-5,11,14H,6-9H2/p+1/t11-,13?/m1/s1. The Labute approximate surface area is 94.4 Å². The highest BCUT2D eigenvalue weighted by atomic mass is 16.5. The molecule has 2 N–H and O–H groups in total. The molecule has 0 radical (unpaired) electrons. The molecule has 4 nitrogen and oxygen atoms in total. The summed E-state index contributed by atoms with van der Waals surface area (Å²) in [6, 6.07) is 9.57. The van der Waals surface area contributed by atoms with Gasteiger partial charge in [0.15, 0.2) is 0 Å². The van der Waals surface area contributed by atoms with Crippen molar-refractivity contribution in [1.29, 1.82) is 0 Å². The van der Waals surface area contributed by atoms with Crippen LogP contribution >= 0.6 is 0 Å². The van der Waals surface area contributed by atoms with E-state index in [1.807, 2.05) is 30.3 Å². The van der Waals surface area contributed by atoms with Crippen LogP contribution in [0.3, 0.4) is 0 Å². The number of nitrogens with one attached hydrogen (secondary N) is 1. The molecule has 1 saturated heterocycles. The summed E-state index contributed by atoms with van der Waals surface area (Å²) >= 11 is 0. The number of esters is 1. The van der Waals surface area contributed by atoms with Gasteiger partial charge in [-0.25, -0.2) is 4.79 Å². The van der Waals surface area contributed by atoms with Crippen LogP contribution in [0.15, 0.2) is 30.3 Å². The second kappa shape index (κ2) is 5.09. The van der Waals surface area contributed by atoms with Gasteiger partial charge < -0.3 is 14.7 Å². The minimum atomic E-state index is -0.160. The van der Waals surface area contributed by atoms with Crippen LogP contribution in [-0.2, 0) is 16.1 Å². The zero-order valence-corrected chi connectivity index (χ0v) is 9.06. The number of hydrogen-bond donors (Lipinski definition) is 2. The lowest BCUT2D eigenvalue weighted by atomic mass is 10.2. The second-order valence-corrected chi connectivity index (χ2v) is 3.98. The van der Waals surface area contributed by atoms with Gasteiger partial charge in [0.1, 0.15) is 19.7 Å². The Morgan fingerprint density at radius 1 is 1.44 bits per heavy atom. The van der Waals surface area contributed by atoms with Crippen molar-refractivity contribution in [3.8, 4) is 0 Å². The molecule has 1 aliphatic rings. The number of ether oxygens (including phenoxy) is 1. The van der Waals surface area contributed by atoms with Gasteiger partial charge in [-0.3, -0.25) is 0 Å². The minimum Gasteiger partial charge on any atom is -0.456 e. The van der Waals surface area contributed by atoms with Crippen LogP contribution in [0.25, 0.3) is 0 Å². The molecule has 0 aromatic heterocycles. The largest absolute Gasteiger partial charge is 0.456 e. The number of carbonyl (C=O) groups excluding carboxylic acids is 1. The molecule has 1 unspecified atom stereocenters. The SMILES string of the molecule is O=C(OCc1ccccc1)[C@H]1C[NH+]1CCO. The normalized spacial score (nSPS) is 22.8. The summed E-state index contributed by atoms with van der Waals surface area (Å²) in [4.78, 5) is 12.7. The summed E-state index contributed by atoms with van der Waals surface area (Å²) in [5, 5.41) is 8.71. The van der Waals surface area contributed by atoms with Gasteiger partial charge in [0.25, 0.3) is 0 Å². The van der Waals surface area contributed by atoms with Crippen molar-refractivity contribution < 1.29 is 19.5 Å². The molecule has 1 aromatic carbocycles. The number of hydrogen-bond acceptors (Lipinski definition) is 3. The monoisotopic (exact) mass is 222 g/mol. The Morgan fingerprint density at radius 3 is 2.88 bits per heavy atom. The molecular weight excluding hydrogens is 206 g/mol. The summed E-state index contributed by atoms with van der Waals surface area (Å²) in [5.41, 5.74) is 1.00. The van der Waals surface area contributed by atoms with Crippen LogP contribution in [0.4, 0.5) is 0 Å². The van der Waals surface area contributed by atoms with E-state index in [2.05, 4.69) is 0 Å². The first-order chi connectivity index (χ1) is 7.81. The predicted molar refractivity (Wildman–Crippen MR) is 57.8 cm³/mol. The van der Waals surface area contributed by atoms with Gasteiger partial charge in [-0.1, -0.05) is 30.3 Å². The third kappa shape index (κ3) is 2.81. The Kier molecular flexibility index (Phi) is 3.54. The number of quaternary nitrogens is 1. The first kappa shape index (κ1) is 11.1. The maximum Gasteiger partial charge on any atom is 0.371 e. The van der Waals surface area contributed by atoms with E-state index >= 15 is 0 Å². The van der Waals surface area contributed by atoms with Crippen LogP contribution in [0.5, 0.6) is 0 Å². The van der Waals surface area contributed by atoms with E-state index in [0.717, 1.165) is 17.0 Å². The molecule has 0 spiro atoms. The number of aliphatic hydroxyl groups is 1. The van der Waals surface area contributed by atoms with Crippen molar-refractivity contribution >= 4 is 5.97 Å². The van der Waals surface area contributed by atoms with Gasteiger partial charge in [-0.2, -0.15) is 0 Å². The first-order valence-corrected chi connectivity index (χ1v) is 5.47. The molecule has 1 aliphatic heterocycles. The topological polar surface area (TPSA) is 51.0 Å². The van der Waals surface area contributed by atoms with Gasteiger partial charge in [0, 0.05) is 0 Å². The fraction of sp³-hybridized carbons (Fsp3) is 0.417. The smallest absolute Gasteiger partial charge is 0.371 e. The molecule has 0 amide bonds. The molecule has 86 valence electrons. The molecule has 0 saturated carbocycles. The number of carbonyl (C=O) groups is 1. The Hall–Kier alpha value is -1.39. The molecule has 2 atom stereocenters. The van der Waals surface area contributed by atoms with Crippen molar-refractivity contribution in [3.05, 3.63) is 35.9 Å². The average molecular weight is 222 g/mol. The molecule has 1 fully saturated rings. The van der Waals surface area contributed by atoms with Crippen LogP contribution in [0, 0.1) is 0 Å². The van der Waals surface area contributed by atoms with Crippen LogP contribution < -0.4 is 4.90 Å². The number of rotatable bonds is 5. The molecule has 0 aliphatic carbocycles. The van der Waals surface area contributed by atoms with E-state index in [1.165, 1.54) is 0 Å². The van der Waals surface area contributed by atoms with E-state index in [4.69, 9.17) is 9.84 Å². The maximum atomic E-state index is 11.5. The summed E-state index contributed by atoms with van der Waals surface area (Å²) in [6.45, 7) is 1.87. The Morgan fingerprint density at radius 2 is 2.19 bits per heavy atom. The fourth-order valence-corrected chi connectivity index (χ4v) is 1.70. The van der Waals surface area contributed by atoms with E-state index in [-0.39, 0.29) is 18.6 Å². The highest BCUT2D eigenvalue weighted by Gasteiger charge is 2.47. The summed E-state index contributed by atoms with van der Waals surface area (Å²) < 4.78 is 5.19. The lowest BCUT2D eigenvalue weighted by Crippen LogP contribution is -2.95.